The van der Waals surface area contributed by atoms with E-state index in [0.717, 1.165) is 24.9 Å². The first-order valence-electron chi connectivity index (χ1n) is 9.40. The number of Topliss-reactive ketones (excluding diaryl/α,β-unsaturated/α-hetero) is 1. The van der Waals surface area contributed by atoms with Gasteiger partial charge < -0.3 is 10.2 Å². The summed E-state index contributed by atoms with van der Waals surface area (Å²) >= 11 is 0. The quantitative estimate of drug-likeness (QED) is 0.794. The lowest BCUT2D eigenvalue weighted by Crippen LogP contribution is -2.40. The molecule has 1 aliphatic heterocycles. The van der Waals surface area contributed by atoms with Crippen LogP contribution in [0.15, 0.2) is 48.5 Å². The number of carbonyl (C=O) groups is 2. The van der Waals surface area contributed by atoms with Crippen molar-refractivity contribution in [1.82, 2.24) is 10.2 Å². The van der Waals surface area contributed by atoms with Gasteiger partial charge in [0.25, 0.3) is 0 Å². The Morgan fingerprint density at radius 1 is 1.19 bits per heavy atom. The third kappa shape index (κ3) is 4.80. The molecule has 0 bridgehead atoms. The summed E-state index contributed by atoms with van der Waals surface area (Å²) in [6.45, 7) is 2.16. The van der Waals surface area contributed by atoms with Gasteiger partial charge in [0.05, 0.1) is 0 Å². The molecule has 0 spiro atoms. The first kappa shape index (κ1) is 19.2. The molecule has 1 aliphatic rings. The van der Waals surface area contributed by atoms with Crippen molar-refractivity contribution in [1.29, 1.82) is 0 Å². The fourth-order valence-electron chi connectivity index (χ4n) is 3.61. The third-order valence-corrected chi connectivity index (χ3v) is 5.15. The van der Waals surface area contributed by atoms with Crippen LogP contribution >= 0.6 is 0 Å². The number of piperidine rings is 1. The summed E-state index contributed by atoms with van der Waals surface area (Å²) in [5.41, 5.74) is 1.72. The summed E-state index contributed by atoms with van der Waals surface area (Å²) < 4.78 is 14.6. The molecule has 0 radical (unpaired) electrons. The average molecular weight is 368 g/mol. The highest BCUT2D eigenvalue weighted by molar-refractivity contribution is 5.98. The van der Waals surface area contributed by atoms with Gasteiger partial charge in [0.2, 0.25) is 5.91 Å². The van der Waals surface area contributed by atoms with E-state index < -0.39 is 0 Å². The van der Waals surface area contributed by atoms with E-state index >= 15 is 0 Å². The number of nitrogens with zero attached hydrogens (tertiary/aromatic N) is 1. The van der Waals surface area contributed by atoms with E-state index in [1.54, 1.807) is 19.2 Å². The van der Waals surface area contributed by atoms with Crippen LogP contribution in [-0.2, 0) is 4.79 Å². The number of benzene rings is 2. The van der Waals surface area contributed by atoms with Gasteiger partial charge in [0.1, 0.15) is 5.82 Å². The maximum absolute atomic E-state index is 14.6. The van der Waals surface area contributed by atoms with Gasteiger partial charge >= 0.3 is 0 Å². The Labute approximate surface area is 159 Å². The normalized spacial score (nSPS) is 17.5. The minimum absolute atomic E-state index is 0.00187. The molecule has 1 saturated heterocycles. The highest BCUT2D eigenvalue weighted by atomic mass is 19.1. The molecule has 0 saturated carbocycles. The molecule has 1 N–H and O–H groups in total. The van der Waals surface area contributed by atoms with Gasteiger partial charge in [-0.2, -0.15) is 0 Å². The molecule has 1 fully saturated rings. The van der Waals surface area contributed by atoms with Gasteiger partial charge in [0.15, 0.2) is 5.78 Å². The van der Waals surface area contributed by atoms with Crippen molar-refractivity contribution in [2.45, 2.75) is 19.3 Å². The number of rotatable bonds is 6. The summed E-state index contributed by atoms with van der Waals surface area (Å²) in [5, 5.41) is 2.62. The molecular formula is C22H25FN2O2. The maximum Gasteiger partial charge on any atom is 0.221 e. The summed E-state index contributed by atoms with van der Waals surface area (Å²) in [4.78, 5) is 26.4. The van der Waals surface area contributed by atoms with Gasteiger partial charge in [-0.3, -0.25) is 9.59 Å². The van der Waals surface area contributed by atoms with Crippen LogP contribution in [-0.4, -0.2) is 43.3 Å². The molecule has 0 unspecified atom stereocenters. The maximum atomic E-state index is 14.6. The topological polar surface area (TPSA) is 49.4 Å². The number of ketones is 1. The predicted molar refractivity (Wildman–Crippen MR) is 104 cm³/mol. The van der Waals surface area contributed by atoms with Crippen LogP contribution in [0, 0.1) is 11.7 Å². The predicted octanol–water partition coefficient (Wildman–Crippen LogP) is 3.52. The number of likely N-dealkylation sites (tertiary alicyclic amines) is 1. The van der Waals surface area contributed by atoms with E-state index in [9.17, 15) is 14.0 Å². The van der Waals surface area contributed by atoms with Gasteiger partial charge in [-0.25, -0.2) is 4.39 Å². The summed E-state index contributed by atoms with van der Waals surface area (Å²) in [6.07, 6.45) is 2.14. The molecule has 4 nitrogen and oxygen atoms in total. The van der Waals surface area contributed by atoms with Crippen LogP contribution in [0.2, 0.25) is 0 Å². The standard InChI is InChI=1S/C22H25FN2O2/c1-24-21(26)11-13-25-12-5-8-18(15-25)22(27)17-9-10-19(20(23)14-17)16-6-3-2-4-7-16/h2-4,6-7,9-10,14,18H,5,8,11-13,15H2,1H3,(H,24,26)/t18-/m0/s1. The Balaban J connectivity index is 1.68. The Hall–Kier alpha value is -2.53. The number of halogens is 1. The molecule has 142 valence electrons. The molecular weight excluding hydrogens is 343 g/mol. The number of carbonyl (C=O) groups excluding carboxylic acids is 2. The van der Waals surface area contributed by atoms with E-state index in [0.29, 0.717) is 30.6 Å². The lowest BCUT2D eigenvalue weighted by molar-refractivity contribution is -0.121. The van der Waals surface area contributed by atoms with Crippen LogP contribution in [0.1, 0.15) is 29.6 Å². The lowest BCUT2D eigenvalue weighted by Gasteiger charge is -2.31. The van der Waals surface area contributed by atoms with Crippen molar-refractivity contribution in [3.05, 3.63) is 59.9 Å². The molecule has 0 aromatic heterocycles. The Morgan fingerprint density at radius 2 is 1.96 bits per heavy atom. The second kappa shape index (κ2) is 8.91. The molecule has 27 heavy (non-hydrogen) atoms. The second-order valence-electron chi connectivity index (χ2n) is 6.99. The zero-order chi connectivity index (χ0) is 19.2. The highest BCUT2D eigenvalue weighted by Gasteiger charge is 2.27. The Bertz CT molecular complexity index is 807. The second-order valence-corrected chi connectivity index (χ2v) is 6.99. The van der Waals surface area contributed by atoms with Crippen molar-refractivity contribution < 1.29 is 14.0 Å². The van der Waals surface area contributed by atoms with Crippen LogP contribution < -0.4 is 5.32 Å². The SMILES string of the molecule is CNC(=O)CCN1CCC[C@H](C(=O)c2ccc(-c3ccccc3)c(F)c2)C1. The summed E-state index contributed by atoms with van der Waals surface area (Å²) in [7, 11) is 1.62. The van der Waals surface area contributed by atoms with Gasteiger partial charge in [-0.05, 0) is 31.0 Å². The number of hydrogen-bond donors (Lipinski definition) is 1. The number of amides is 1. The third-order valence-electron chi connectivity index (χ3n) is 5.15. The fraction of sp³-hybridized carbons (Fsp3) is 0.364. The monoisotopic (exact) mass is 368 g/mol. The fourth-order valence-corrected chi connectivity index (χ4v) is 3.61. The van der Waals surface area contributed by atoms with Crippen molar-refractivity contribution >= 4 is 11.7 Å². The minimum Gasteiger partial charge on any atom is -0.359 e. The Morgan fingerprint density at radius 3 is 2.67 bits per heavy atom. The molecule has 1 heterocycles. The highest BCUT2D eigenvalue weighted by Crippen LogP contribution is 2.26. The number of hydrogen-bond acceptors (Lipinski definition) is 3. The molecule has 1 amide bonds. The molecule has 2 aromatic carbocycles. The molecule has 0 aliphatic carbocycles. The first-order valence-corrected chi connectivity index (χ1v) is 9.40. The Kier molecular flexibility index (Phi) is 6.35. The largest absolute Gasteiger partial charge is 0.359 e. The van der Waals surface area contributed by atoms with Gasteiger partial charge in [-0.15, -0.1) is 0 Å². The molecule has 3 rings (SSSR count). The van der Waals surface area contributed by atoms with E-state index in [1.807, 2.05) is 30.3 Å². The summed E-state index contributed by atoms with van der Waals surface area (Å²) in [5.74, 6) is -0.537. The van der Waals surface area contributed by atoms with Crippen molar-refractivity contribution in [3.8, 4) is 11.1 Å². The minimum atomic E-state index is -0.376. The average Bonchev–Trinajstić information content (AvgIpc) is 2.72. The van der Waals surface area contributed by atoms with E-state index in [4.69, 9.17) is 0 Å². The van der Waals surface area contributed by atoms with Crippen LogP contribution in [0.25, 0.3) is 11.1 Å². The zero-order valence-electron chi connectivity index (χ0n) is 15.6. The van der Waals surface area contributed by atoms with E-state index in [2.05, 4.69) is 10.2 Å². The van der Waals surface area contributed by atoms with Crippen LogP contribution in [0.5, 0.6) is 0 Å². The van der Waals surface area contributed by atoms with Crippen LogP contribution in [0.4, 0.5) is 4.39 Å². The molecule has 5 heteroatoms. The van der Waals surface area contributed by atoms with E-state index in [-0.39, 0.29) is 23.4 Å². The van der Waals surface area contributed by atoms with Crippen LogP contribution in [0.3, 0.4) is 0 Å². The van der Waals surface area contributed by atoms with Crippen molar-refractivity contribution in [2.24, 2.45) is 5.92 Å². The van der Waals surface area contributed by atoms with Crippen molar-refractivity contribution in [2.75, 3.05) is 26.7 Å². The van der Waals surface area contributed by atoms with Gasteiger partial charge in [-0.1, -0.05) is 42.5 Å². The first-order chi connectivity index (χ1) is 13.1. The van der Waals surface area contributed by atoms with Gasteiger partial charge in [0, 0.05) is 43.6 Å². The molecule has 2 aromatic rings. The smallest absolute Gasteiger partial charge is 0.221 e. The summed E-state index contributed by atoms with van der Waals surface area (Å²) in [6, 6.07) is 14.1. The lowest BCUT2D eigenvalue weighted by atomic mass is 9.89. The number of nitrogens with one attached hydrogen (secondary N) is 1. The van der Waals surface area contributed by atoms with Crippen molar-refractivity contribution in [3.63, 3.8) is 0 Å². The molecule has 1 atom stereocenters. The zero-order valence-corrected chi connectivity index (χ0v) is 15.6. The van der Waals surface area contributed by atoms with E-state index in [1.165, 1.54) is 6.07 Å².